The Kier molecular flexibility index (Phi) is 3.65. The highest BCUT2D eigenvalue weighted by Crippen LogP contribution is 2.30. The van der Waals surface area contributed by atoms with Crippen LogP contribution >= 0.6 is 23.1 Å². The summed E-state index contributed by atoms with van der Waals surface area (Å²) in [6, 6.07) is 4.05. The van der Waals surface area contributed by atoms with Crippen molar-refractivity contribution in [1.29, 1.82) is 0 Å². The van der Waals surface area contributed by atoms with E-state index in [4.69, 9.17) is 0 Å². The fourth-order valence-corrected chi connectivity index (χ4v) is 3.25. The van der Waals surface area contributed by atoms with E-state index < -0.39 is 0 Å². The Morgan fingerprint density at radius 2 is 2.16 bits per heavy atom. The van der Waals surface area contributed by atoms with Gasteiger partial charge < -0.3 is 9.88 Å². The molecule has 19 heavy (non-hydrogen) atoms. The molecule has 98 valence electrons. The zero-order chi connectivity index (χ0) is 13.1. The first-order chi connectivity index (χ1) is 9.36. The van der Waals surface area contributed by atoms with Gasteiger partial charge in [-0.3, -0.25) is 0 Å². The van der Waals surface area contributed by atoms with Crippen molar-refractivity contribution in [2.24, 2.45) is 0 Å². The monoisotopic (exact) mass is 291 g/mol. The minimum Gasteiger partial charge on any atom is -0.367 e. The molecule has 0 aromatic carbocycles. The van der Waals surface area contributed by atoms with Crippen LogP contribution in [0.5, 0.6) is 0 Å². The van der Waals surface area contributed by atoms with Crippen LogP contribution in [0.2, 0.25) is 0 Å². The zero-order valence-corrected chi connectivity index (χ0v) is 12.0. The predicted molar refractivity (Wildman–Crippen MR) is 79.9 cm³/mol. The Bertz CT molecular complexity index is 662. The summed E-state index contributed by atoms with van der Waals surface area (Å²) < 4.78 is 4.18. The van der Waals surface area contributed by atoms with Gasteiger partial charge in [-0.2, -0.15) is 0 Å². The SMILES string of the molecule is CSc1nc2ncnc(NCCn3cccc3)c2s1. The first kappa shape index (κ1) is 12.4. The number of hydrogen-bond donors (Lipinski definition) is 1. The molecule has 0 amide bonds. The Labute approximate surface area is 119 Å². The number of nitrogens with one attached hydrogen (secondary N) is 1. The van der Waals surface area contributed by atoms with Crippen molar-refractivity contribution in [3.63, 3.8) is 0 Å². The number of anilines is 1. The second-order valence-electron chi connectivity index (χ2n) is 3.91. The van der Waals surface area contributed by atoms with Gasteiger partial charge >= 0.3 is 0 Å². The third kappa shape index (κ3) is 2.71. The Morgan fingerprint density at radius 1 is 1.32 bits per heavy atom. The van der Waals surface area contributed by atoms with Crippen LogP contribution in [0.25, 0.3) is 10.3 Å². The molecule has 3 heterocycles. The molecule has 3 rings (SSSR count). The first-order valence-corrected chi connectivity index (χ1v) is 7.91. The lowest BCUT2D eigenvalue weighted by Crippen LogP contribution is -2.10. The van der Waals surface area contributed by atoms with Crippen LogP contribution in [0.3, 0.4) is 0 Å². The number of thiazole rings is 1. The van der Waals surface area contributed by atoms with Gasteiger partial charge in [0.25, 0.3) is 0 Å². The van der Waals surface area contributed by atoms with Crippen molar-refractivity contribution in [1.82, 2.24) is 19.5 Å². The molecule has 0 aliphatic heterocycles. The molecule has 0 spiro atoms. The average molecular weight is 291 g/mol. The number of aromatic nitrogens is 4. The van der Waals surface area contributed by atoms with Crippen LogP contribution in [-0.4, -0.2) is 32.3 Å². The van der Waals surface area contributed by atoms with E-state index >= 15 is 0 Å². The second-order valence-corrected chi connectivity index (χ2v) is 5.96. The van der Waals surface area contributed by atoms with Crippen LogP contribution in [-0.2, 0) is 6.54 Å². The van der Waals surface area contributed by atoms with E-state index in [1.54, 1.807) is 29.4 Å². The maximum absolute atomic E-state index is 4.44. The Balaban J connectivity index is 1.75. The number of rotatable bonds is 5. The summed E-state index contributed by atoms with van der Waals surface area (Å²) in [7, 11) is 0. The highest BCUT2D eigenvalue weighted by Gasteiger charge is 2.09. The van der Waals surface area contributed by atoms with Crippen LogP contribution in [0.15, 0.2) is 35.2 Å². The number of fused-ring (bicyclic) bond motifs is 1. The fourth-order valence-electron chi connectivity index (χ4n) is 1.77. The lowest BCUT2D eigenvalue weighted by atomic mass is 10.5. The topological polar surface area (TPSA) is 55.6 Å². The fraction of sp³-hybridized carbons (Fsp3) is 0.250. The molecular weight excluding hydrogens is 278 g/mol. The van der Waals surface area contributed by atoms with Gasteiger partial charge in [0, 0.05) is 25.5 Å². The van der Waals surface area contributed by atoms with Gasteiger partial charge in [0.2, 0.25) is 0 Å². The summed E-state index contributed by atoms with van der Waals surface area (Å²) in [5, 5.41) is 3.35. The largest absolute Gasteiger partial charge is 0.367 e. The molecule has 3 aromatic rings. The Morgan fingerprint density at radius 3 is 2.95 bits per heavy atom. The molecule has 5 nitrogen and oxygen atoms in total. The van der Waals surface area contributed by atoms with Crippen molar-refractivity contribution >= 4 is 39.3 Å². The predicted octanol–water partition coefficient (Wildman–Crippen LogP) is 2.72. The number of hydrogen-bond acceptors (Lipinski definition) is 6. The van der Waals surface area contributed by atoms with Crippen molar-refractivity contribution in [3.8, 4) is 0 Å². The maximum atomic E-state index is 4.44. The van der Waals surface area contributed by atoms with Gasteiger partial charge in [-0.15, -0.1) is 11.3 Å². The maximum Gasteiger partial charge on any atom is 0.176 e. The molecule has 7 heteroatoms. The highest BCUT2D eigenvalue weighted by molar-refractivity contribution is 8.00. The summed E-state index contributed by atoms with van der Waals surface area (Å²) in [4.78, 5) is 12.9. The molecule has 0 saturated carbocycles. The van der Waals surface area contributed by atoms with Crippen molar-refractivity contribution in [3.05, 3.63) is 30.9 Å². The zero-order valence-electron chi connectivity index (χ0n) is 10.4. The summed E-state index contributed by atoms with van der Waals surface area (Å²) in [5.74, 6) is 0.870. The molecule has 0 unspecified atom stereocenters. The molecule has 0 atom stereocenters. The molecule has 0 saturated heterocycles. The third-order valence-electron chi connectivity index (χ3n) is 2.67. The van der Waals surface area contributed by atoms with Crippen LogP contribution in [0.1, 0.15) is 0 Å². The quantitative estimate of drug-likeness (QED) is 0.733. The minimum atomic E-state index is 0.771. The molecule has 0 fully saturated rings. The Hall–Kier alpha value is -1.60. The summed E-state index contributed by atoms with van der Waals surface area (Å²) >= 11 is 3.26. The molecule has 0 radical (unpaired) electrons. The van der Waals surface area contributed by atoms with E-state index in [-0.39, 0.29) is 0 Å². The van der Waals surface area contributed by atoms with Gasteiger partial charge in [-0.1, -0.05) is 11.8 Å². The summed E-state index contributed by atoms with van der Waals surface area (Å²) in [6.45, 7) is 1.74. The van der Waals surface area contributed by atoms with E-state index in [0.29, 0.717) is 0 Å². The molecule has 0 aliphatic rings. The van der Waals surface area contributed by atoms with Gasteiger partial charge in [0.1, 0.15) is 16.8 Å². The molecule has 0 bridgehead atoms. The standard InChI is InChI=1S/C12H13N5S2/c1-18-12-16-11-9(19-12)10(14-8-15-11)13-4-7-17-5-2-3-6-17/h2-3,5-6,8H,4,7H2,1H3,(H,13,14,15). The lowest BCUT2D eigenvalue weighted by Gasteiger charge is -2.06. The van der Waals surface area contributed by atoms with Crippen LogP contribution in [0, 0.1) is 0 Å². The van der Waals surface area contributed by atoms with Gasteiger partial charge in [-0.25, -0.2) is 15.0 Å². The lowest BCUT2D eigenvalue weighted by molar-refractivity contribution is 0.732. The van der Waals surface area contributed by atoms with E-state index in [1.807, 2.05) is 18.4 Å². The van der Waals surface area contributed by atoms with E-state index in [1.165, 1.54) is 0 Å². The molecule has 0 aliphatic carbocycles. The second kappa shape index (κ2) is 5.58. The average Bonchev–Trinajstić information content (AvgIpc) is 3.07. The molecule has 3 aromatic heterocycles. The van der Waals surface area contributed by atoms with E-state index in [2.05, 4.69) is 37.2 Å². The minimum absolute atomic E-state index is 0.771. The smallest absolute Gasteiger partial charge is 0.176 e. The first-order valence-electron chi connectivity index (χ1n) is 5.87. The van der Waals surface area contributed by atoms with Gasteiger partial charge in [0.15, 0.2) is 9.99 Å². The van der Waals surface area contributed by atoms with E-state index in [0.717, 1.165) is 33.6 Å². The summed E-state index contributed by atoms with van der Waals surface area (Å²) in [5.41, 5.74) is 0.771. The van der Waals surface area contributed by atoms with Crippen molar-refractivity contribution in [2.75, 3.05) is 18.1 Å². The van der Waals surface area contributed by atoms with Crippen molar-refractivity contribution in [2.45, 2.75) is 10.9 Å². The normalized spacial score (nSPS) is 11.0. The number of thioether (sulfide) groups is 1. The van der Waals surface area contributed by atoms with Crippen LogP contribution < -0.4 is 5.32 Å². The van der Waals surface area contributed by atoms with Crippen molar-refractivity contribution < 1.29 is 0 Å². The van der Waals surface area contributed by atoms with Crippen LogP contribution in [0.4, 0.5) is 5.82 Å². The van der Waals surface area contributed by atoms with Gasteiger partial charge in [-0.05, 0) is 18.4 Å². The molecule has 1 N–H and O–H groups in total. The molecular formula is C12H13N5S2. The van der Waals surface area contributed by atoms with Gasteiger partial charge in [0.05, 0.1) is 0 Å². The third-order valence-corrected chi connectivity index (χ3v) is 4.71. The summed E-state index contributed by atoms with van der Waals surface area (Å²) in [6.07, 6.45) is 7.68. The highest BCUT2D eigenvalue weighted by atomic mass is 32.2. The van der Waals surface area contributed by atoms with E-state index in [9.17, 15) is 0 Å². The number of nitrogens with zero attached hydrogens (tertiary/aromatic N) is 4.